The van der Waals surface area contributed by atoms with Crippen LogP contribution in [-0.4, -0.2) is 43.0 Å². The van der Waals surface area contributed by atoms with Gasteiger partial charge in [-0.1, -0.05) is 29.8 Å². The van der Waals surface area contributed by atoms with E-state index in [9.17, 15) is 0 Å². The summed E-state index contributed by atoms with van der Waals surface area (Å²) in [7, 11) is 2.26. The molecule has 0 N–H and O–H groups in total. The van der Waals surface area contributed by atoms with Crippen LogP contribution in [0.1, 0.15) is 23.3 Å². The molecule has 2 heterocycles. The van der Waals surface area contributed by atoms with Crippen LogP contribution in [0, 0.1) is 5.92 Å². The van der Waals surface area contributed by atoms with Crippen LogP contribution in [-0.2, 0) is 13.0 Å². The van der Waals surface area contributed by atoms with E-state index in [4.69, 9.17) is 11.6 Å². The van der Waals surface area contributed by atoms with Crippen molar-refractivity contribution in [2.75, 3.05) is 33.2 Å². The summed E-state index contributed by atoms with van der Waals surface area (Å²) in [5.74, 6) is 0.800. The van der Waals surface area contributed by atoms with Crippen LogP contribution in [0.2, 0.25) is 5.02 Å². The van der Waals surface area contributed by atoms with E-state index < -0.39 is 0 Å². The number of piperidine rings is 1. The zero-order valence-electron chi connectivity index (χ0n) is 14.5. The summed E-state index contributed by atoms with van der Waals surface area (Å²) in [4.78, 5) is 6.59. The maximum atomic E-state index is 5.96. The Labute approximate surface area is 155 Å². The van der Waals surface area contributed by atoms with Crippen LogP contribution in [0.5, 0.6) is 0 Å². The molecule has 24 heavy (non-hydrogen) atoms. The van der Waals surface area contributed by atoms with Crippen molar-refractivity contribution in [2.45, 2.75) is 25.8 Å². The van der Waals surface area contributed by atoms with E-state index in [2.05, 4.69) is 46.5 Å². The fraction of sp³-hybridized carbons (Fsp3) is 0.500. The van der Waals surface area contributed by atoms with Crippen molar-refractivity contribution in [2.24, 2.45) is 5.92 Å². The van der Waals surface area contributed by atoms with Gasteiger partial charge in [0.25, 0.3) is 0 Å². The van der Waals surface area contributed by atoms with Gasteiger partial charge in [-0.05, 0) is 67.9 Å². The van der Waals surface area contributed by atoms with Gasteiger partial charge in [0.15, 0.2) is 0 Å². The predicted octanol–water partition coefficient (Wildman–Crippen LogP) is 4.79. The van der Waals surface area contributed by atoms with Gasteiger partial charge in [-0.25, -0.2) is 0 Å². The van der Waals surface area contributed by atoms with Gasteiger partial charge in [0.2, 0.25) is 0 Å². The first-order valence-electron chi connectivity index (χ1n) is 8.87. The number of hydrogen-bond acceptors (Lipinski definition) is 3. The monoisotopic (exact) mass is 362 g/mol. The minimum absolute atomic E-state index is 0.800. The molecule has 4 heteroatoms. The Morgan fingerprint density at radius 3 is 2.83 bits per heavy atom. The minimum Gasteiger partial charge on any atom is -0.303 e. The van der Waals surface area contributed by atoms with Crippen LogP contribution in [0.4, 0.5) is 0 Å². The van der Waals surface area contributed by atoms with Crippen LogP contribution >= 0.6 is 22.9 Å². The zero-order valence-corrected chi connectivity index (χ0v) is 16.0. The van der Waals surface area contributed by atoms with Crippen LogP contribution in [0.25, 0.3) is 0 Å². The summed E-state index contributed by atoms with van der Waals surface area (Å²) in [6.07, 6.45) is 3.82. The molecule has 0 bridgehead atoms. The topological polar surface area (TPSA) is 6.48 Å². The molecule has 1 aliphatic heterocycles. The lowest BCUT2D eigenvalue weighted by molar-refractivity contribution is 0.143. The van der Waals surface area contributed by atoms with Crippen molar-refractivity contribution in [1.82, 2.24) is 9.80 Å². The van der Waals surface area contributed by atoms with Gasteiger partial charge in [-0.2, -0.15) is 0 Å². The second-order valence-corrected chi connectivity index (χ2v) is 8.43. The maximum Gasteiger partial charge on any atom is 0.0406 e. The second-order valence-electron chi connectivity index (χ2n) is 6.96. The highest BCUT2D eigenvalue weighted by Crippen LogP contribution is 2.20. The maximum absolute atomic E-state index is 5.96. The zero-order chi connectivity index (χ0) is 16.8. The summed E-state index contributed by atoms with van der Waals surface area (Å²) in [6.45, 7) is 5.93. The molecule has 1 unspecified atom stereocenters. The number of thiophene rings is 1. The molecule has 130 valence electrons. The average Bonchev–Trinajstić information content (AvgIpc) is 3.07. The van der Waals surface area contributed by atoms with Gasteiger partial charge in [0.05, 0.1) is 0 Å². The molecular weight excluding hydrogens is 336 g/mol. The molecule has 1 atom stereocenters. The van der Waals surface area contributed by atoms with Crippen LogP contribution < -0.4 is 0 Å². The molecule has 0 aliphatic carbocycles. The molecule has 1 aromatic carbocycles. The summed E-state index contributed by atoms with van der Waals surface area (Å²) in [5, 5.41) is 2.99. The van der Waals surface area contributed by atoms with Gasteiger partial charge in [0.1, 0.15) is 0 Å². The Kier molecular flexibility index (Phi) is 6.73. The Balaban J connectivity index is 1.42. The SMILES string of the molecule is CN(Cc1cccs1)CC1CCCN(CCc2ccc(Cl)cc2)C1. The van der Waals surface area contributed by atoms with Gasteiger partial charge in [-0.3, -0.25) is 0 Å². The van der Waals surface area contributed by atoms with E-state index in [0.29, 0.717) is 0 Å². The molecule has 1 aliphatic rings. The van der Waals surface area contributed by atoms with Gasteiger partial charge < -0.3 is 9.80 Å². The number of hydrogen-bond donors (Lipinski definition) is 0. The third-order valence-corrected chi connectivity index (χ3v) is 5.92. The smallest absolute Gasteiger partial charge is 0.0406 e. The second kappa shape index (κ2) is 9.00. The van der Waals surface area contributed by atoms with Crippen LogP contribution in [0.15, 0.2) is 41.8 Å². The van der Waals surface area contributed by atoms with Crippen molar-refractivity contribution in [1.29, 1.82) is 0 Å². The third-order valence-electron chi connectivity index (χ3n) is 4.81. The molecule has 0 radical (unpaired) electrons. The van der Waals surface area contributed by atoms with Gasteiger partial charge in [0, 0.05) is 36.1 Å². The quantitative estimate of drug-likeness (QED) is 0.698. The molecule has 2 nitrogen and oxygen atoms in total. The predicted molar refractivity (Wildman–Crippen MR) is 105 cm³/mol. The molecular formula is C20H27ClN2S. The molecule has 0 saturated carbocycles. The molecule has 1 aromatic heterocycles. The first-order chi connectivity index (χ1) is 11.7. The Bertz CT molecular complexity index is 597. The minimum atomic E-state index is 0.800. The summed E-state index contributed by atoms with van der Waals surface area (Å²) in [6, 6.07) is 12.7. The number of nitrogens with zero attached hydrogens (tertiary/aromatic N) is 2. The van der Waals surface area contributed by atoms with Crippen molar-refractivity contribution >= 4 is 22.9 Å². The Morgan fingerprint density at radius 2 is 2.08 bits per heavy atom. The fourth-order valence-corrected chi connectivity index (χ4v) is 4.53. The van der Waals surface area contributed by atoms with Crippen molar-refractivity contribution in [3.05, 3.63) is 57.2 Å². The third kappa shape index (κ3) is 5.59. The Hall–Kier alpha value is -0.870. The van der Waals surface area contributed by atoms with Gasteiger partial charge >= 0.3 is 0 Å². The fourth-order valence-electron chi connectivity index (χ4n) is 3.62. The van der Waals surface area contributed by atoms with Gasteiger partial charge in [-0.15, -0.1) is 11.3 Å². The number of likely N-dealkylation sites (tertiary alicyclic amines) is 1. The largest absolute Gasteiger partial charge is 0.303 e. The molecule has 0 amide bonds. The Morgan fingerprint density at radius 1 is 1.25 bits per heavy atom. The molecule has 2 aromatic rings. The van der Waals surface area contributed by atoms with E-state index in [1.54, 1.807) is 0 Å². The van der Waals surface area contributed by atoms with E-state index >= 15 is 0 Å². The van der Waals surface area contributed by atoms with Crippen molar-refractivity contribution in [3.63, 3.8) is 0 Å². The molecule has 3 rings (SSSR count). The van der Waals surface area contributed by atoms with E-state index in [0.717, 1.165) is 30.5 Å². The number of benzene rings is 1. The van der Waals surface area contributed by atoms with Crippen LogP contribution in [0.3, 0.4) is 0 Å². The lowest BCUT2D eigenvalue weighted by Crippen LogP contribution is -2.40. The highest BCUT2D eigenvalue weighted by Gasteiger charge is 2.21. The van der Waals surface area contributed by atoms with E-state index in [1.807, 2.05) is 23.5 Å². The number of halogens is 1. The molecule has 1 fully saturated rings. The lowest BCUT2D eigenvalue weighted by atomic mass is 9.97. The first-order valence-corrected chi connectivity index (χ1v) is 10.1. The number of rotatable bonds is 7. The molecule has 0 spiro atoms. The highest BCUT2D eigenvalue weighted by atomic mass is 35.5. The van der Waals surface area contributed by atoms with Crippen molar-refractivity contribution in [3.8, 4) is 0 Å². The summed E-state index contributed by atoms with van der Waals surface area (Å²) < 4.78 is 0. The van der Waals surface area contributed by atoms with E-state index in [1.165, 1.54) is 42.9 Å². The lowest BCUT2D eigenvalue weighted by Gasteiger charge is -2.34. The first kappa shape index (κ1) is 17.9. The normalized spacial score (nSPS) is 19.0. The average molecular weight is 363 g/mol. The standard InChI is InChI=1S/C20H27ClN2S/c1-22(16-20-5-3-13-24-20)14-18-4-2-11-23(15-18)12-10-17-6-8-19(21)9-7-17/h3,5-9,13,18H,2,4,10-12,14-16H2,1H3. The summed E-state index contributed by atoms with van der Waals surface area (Å²) in [5.41, 5.74) is 1.39. The van der Waals surface area contributed by atoms with Crippen molar-refractivity contribution < 1.29 is 0 Å². The highest BCUT2D eigenvalue weighted by molar-refractivity contribution is 7.09. The summed E-state index contributed by atoms with van der Waals surface area (Å²) >= 11 is 7.82. The molecule has 1 saturated heterocycles. The van der Waals surface area contributed by atoms with E-state index in [-0.39, 0.29) is 0 Å².